The Balaban J connectivity index is 2.71. The van der Waals surface area contributed by atoms with E-state index in [0.29, 0.717) is 0 Å². The molecular weight excluding hydrogens is 212 g/mol. The van der Waals surface area contributed by atoms with Crippen molar-refractivity contribution in [2.75, 3.05) is 0 Å². The van der Waals surface area contributed by atoms with Gasteiger partial charge in [-0.25, -0.2) is 0 Å². The summed E-state index contributed by atoms with van der Waals surface area (Å²) in [5, 5.41) is 1.44. The predicted molar refractivity (Wildman–Crippen MR) is 73.8 cm³/mol. The molecule has 16 heavy (non-hydrogen) atoms. The zero-order chi connectivity index (χ0) is 12.0. The fourth-order valence-electron chi connectivity index (χ4n) is 1.78. The summed E-state index contributed by atoms with van der Waals surface area (Å²) in [6.07, 6.45) is 2.53. The minimum absolute atomic E-state index is 0.0134. The first-order valence-electron chi connectivity index (χ1n) is 6.25. The Morgan fingerprint density at radius 3 is 2.25 bits per heavy atom. The van der Waals surface area contributed by atoms with Gasteiger partial charge in [0.1, 0.15) is 0 Å². The first-order valence-corrected chi connectivity index (χ1v) is 8.12. The van der Waals surface area contributed by atoms with Gasteiger partial charge < -0.3 is 4.43 Å². The average Bonchev–Trinajstić information content (AvgIpc) is 2.24. The Hall–Kier alpha value is -0.603. The standard InChI is InChI=1S/C14H24OSi/c1-5-6-12-16(15-14(2,3)4)13-10-8-7-9-11-13/h7-11,16H,5-6,12H2,1-4H3. The molecule has 90 valence electrons. The summed E-state index contributed by atoms with van der Waals surface area (Å²) in [6, 6.07) is 12.0. The van der Waals surface area contributed by atoms with Crippen molar-refractivity contribution in [3.05, 3.63) is 30.3 Å². The van der Waals surface area contributed by atoms with E-state index >= 15 is 0 Å². The lowest BCUT2D eigenvalue weighted by Crippen LogP contribution is -2.39. The fraction of sp³-hybridized carbons (Fsp3) is 0.571. The predicted octanol–water partition coefficient (Wildman–Crippen LogP) is 3.23. The van der Waals surface area contributed by atoms with Gasteiger partial charge in [0.05, 0.1) is 0 Å². The summed E-state index contributed by atoms with van der Waals surface area (Å²) in [7, 11) is -1.23. The van der Waals surface area contributed by atoms with E-state index in [1.165, 1.54) is 24.1 Å². The number of hydrogen-bond acceptors (Lipinski definition) is 1. The van der Waals surface area contributed by atoms with Crippen LogP contribution in [-0.4, -0.2) is 14.6 Å². The van der Waals surface area contributed by atoms with Crippen LogP contribution < -0.4 is 5.19 Å². The summed E-state index contributed by atoms with van der Waals surface area (Å²) in [6.45, 7) is 8.71. The third-order valence-corrected chi connectivity index (χ3v) is 5.54. The van der Waals surface area contributed by atoms with Gasteiger partial charge >= 0.3 is 0 Å². The van der Waals surface area contributed by atoms with E-state index in [1.807, 2.05) is 0 Å². The van der Waals surface area contributed by atoms with Crippen LogP contribution in [0.5, 0.6) is 0 Å². The quantitative estimate of drug-likeness (QED) is 0.713. The molecule has 1 nitrogen and oxygen atoms in total. The largest absolute Gasteiger partial charge is 0.411 e. The Bertz CT molecular complexity index is 289. The molecule has 2 heteroatoms. The van der Waals surface area contributed by atoms with Crippen LogP contribution in [0.15, 0.2) is 30.3 Å². The third kappa shape index (κ3) is 4.95. The Morgan fingerprint density at radius 1 is 1.12 bits per heavy atom. The highest BCUT2D eigenvalue weighted by Crippen LogP contribution is 2.13. The van der Waals surface area contributed by atoms with Crippen molar-refractivity contribution in [3.8, 4) is 0 Å². The Labute approximate surface area is 102 Å². The summed E-state index contributed by atoms with van der Waals surface area (Å²) in [5.41, 5.74) is -0.0134. The van der Waals surface area contributed by atoms with Crippen LogP contribution in [0.25, 0.3) is 0 Å². The van der Waals surface area contributed by atoms with Crippen molar-refractivity contribution in [3.63, 3.8) is 0 Å². The normalized spacial score (nSPS) is 13.8. The van der Waals surface area contributed by atoms with Gasteiger partial charge in [-0.15, -0.1) is 0 Å². The lowest BCUT2D eigenvalue weighted by Gasteiger charge is -2.27. The molecule has 0 saturated heterocycles. The molecule has 1 rings (SSSR count). The summed E-state index contributed by atoms with van der Waals surface area (Å²) in [5.74, 6) is 0. The fourth-order valence-corrected chi connectivity index (χ4v) is 4.65. The second-order valence-electron chi connectivity index (χ2n) is 5.27. The van der Waals surface area contributed by atoms with Gasteiger partial charge in [-0.2, -0.15) is 0 Å². The first kappa shape index (κ1) is 13.5. The zero-order valence-corrected chi connectivity index (χ0v) is 12.1. The van der Waals surface area contributed by atoms with E-state index in [-0.39, 0.29) is 5.60 Å². The van der Waals surface area contributed by atoms with Gasteiger partial charge in [0, 0.05) is 5.60 Å². The van der Waals surface area contributed by atoms with Crippen LogP contribution in [0, 0.1) is 0 Å². The Kier molecular flexibility index (Phi) is 5.23. The molecule has 0 aliphatic rings. The molecule has 1 atom stereocenters. The molecule has 0 radical (unpaired) electrons. The first-order chi connectivity index (χ1) is 7.53. The number of hydrogen-bond donors (Lipinski definition) is 0. The van der Waals surface area contributed by atoms with Crippen molar-refractivity contribution >= 4 is 14.2 Å². The van der Waals surface area contributed by atoms with Crippen molar-refractivity contribution < 1.29 is 4.43 Å². The number of unbranched alkanes of at least 4 members (excludes halogenated alkanes) is 1. The van der Waals surface area contributed by atoms with E-state index < -0.39 is 9.04 Å². The van der Waals surface area contributed by atoms with Gasteiger partial charge in [0.15, 0.2) is 0 Å². The third-order valence-electron chi connectivity index (χ3n) is 2.49. The van der Waals surface area contributed by atoms with Crippen LogP contribution in [0.2, 0.25) is 6.04 Å². The lowest BCUT2D eigenvalue weighted by molar-refractivity contribution is 0.132. The molecule has 1 aromatic rings. The maximum Gasteiger partial charge on any atom is 0.208 e. The topological polar surface area (TPSA) is 9.23 Å². The highest BCUT2D eigenvalue weighted by Gasteiger charge is 2.21. The van der Waals surface area contributed by atoms with Gasteiger partial charge in [-0.3, -0.25) is 0 Å². The van der Waals surface area contributed by atoms with Crippen LogP contribution in [0.3, 0.4) is 0 Å². The molecule has 0 aliphatic carbocycles. The average molecular weight is 236 g/mol. The molecule has 0 aromatic heterocycles. The molecule has 0 N–H and O–H groups in total. The SMILES string of the molecule is CCCC[SiH](OC(C)(C)C)c1ccccc1. The lowest BCUT2D eigenvalue weighted by atomic mass is 10.2. The number of rotatable bonds is 5. The van der Waals surface area contributed by atoms with Crippen molar-refractivity contribution in [2.45, 2.75) is 52.2 Å². The monoisotopic (exact) mass is 236 g/mol. The van der Waals surface area contributed by atoms with Crippen LogP contribution in [-0.2, 0) is 4.43 Å². The maximum absolute atomic E-state index is 6.26. The summed E-state index contributed by atoms with van der Waals surface area (Å²) in [4.78, 5) is 0. The highest BCUT2D eigenvalue weighted by molar-refractivity contribution is 6.67. The van der Waals surface area contributed by atoms with Gasteiger partial charge in [-0.05, 0) is 32.0 Å². The molecule has 0 amide bonds. The molecule has 0 bridgehead atoms. The van der Waals surface area contributed by atoms with Crippen molar-refractivity contribution in [1.82, 2.24) is 0 Å². The van der Waals surface area contributed by atoms with Crippen LogP contribution in [0.4, 0.5) is 0 Å². The smallest absolute Gasteiger partial charge is 0.208 e. The minimum Gasteiger partial charge on any atom is -0.411 e. The molecule has 0 saturated carbocycles. The molecule has 0 heterocycles. The highest BCUT2D eigenvalue weighted by atomic mass is 28.3. The Morgan fingerprint density at radius 2 is 1.75 bits per heavy atom. The van der Waals surface area contributed by atoms with Gasteiger partial charge in [-0.1, -0.05) is 50.1 Å². The van der Waals surface area contributed by atoms with Crippen LogP contribution in [0.1, 0.15) is 40.5 Å². The molecule has 0 spiro atoms. The second kappa shape index (κ2) is 6.21. The molecule has 1 aromatic carbocycles. The zero-order valence-electron chi connectivity index (χ0n) is 11.0. The molecular formula is C14H24OSi. The van der Waals surface area contributed by atoms with Gasteiger partial charge in [0.25, 0.3) is 0 Å². The maximum atomic E-state index is 6.26. The molecule has 0 aliphatic heterocycles. The summed E-state index contributed by atoms with van der Waals surface area (Å²) < 4.78 is 6.26. The minimum atomic E-state index is -1.23. The molecule has 0 fully saturated rings. The number of benzene rings is 1. The van der Waals surface area contributed by atoms with E-state index in [4.69, 9.17) is 4.43 Å². The van der Waals surface area contributed by atoms with E-state index in [1.54, 1.807) is 0 Å². The van der Waals surface area contributed by atoms with E-state index in [2.05, 4.69) is 58.0 Å². The van der Waals surface area contributed by atoms with Crippen molar-refractivity contribution in [1.29, 1.82) is 0 Å². The van der Waals surface area contributed by atoms with Gasteiger partial charge in [0.2, 0.25) is 9.04 Å². The summed E-state index contributed by atoms with van der Waals surface area (Å²) >= 11 is 0. The van der Waals surface area contributed by atoms with Crippen LogP contribution >= 0.6 is 0 Å². The second-order valence-corrected chi connectivity index (χ2v) is 7.73. The van der Waals surface area contributed by atoms with Crippen molar-refractivity contribution in [2.24, 2.45) is 0 Å². The molecule has 1 unspecified atom stereocenters. The van der Waals surface area contributed by atoms with E-state index in [9.17, 15) is 0 Å². The van der Waals surface area contributed by atoms with E-state index in [0.717, 1.165) is 0 Å².